The van der Waals surface area contributed by atoms with Gasteiger partial charge in [0.15, 0.2) is 0 Å². The lowest BCUT2D eigenvalue weighted by atomic mass is 10.0. The first-order valence-electron chi connectivity index (χ1n) is 9.72. The fraction of sp³-hybridized carbons (Fsp3) is 0.571. The highest BCUT2D eigenvalue weighted by Crippen LogP contribution is 2.32. The van der Waals surface area contributed by atoms with Crippen LogP contribution in [0.2, 0.25) is 0 Å². The summed E-state index contributed by atoms with van der Waals surface area (Å²) in [5, 5.41) is 1.16. The fourth-order valence-electron chi connectivity index (χ4n) is 4.10. The minimum atomic E-state index is 0.176. The van der Waals surface area contributed by atoms with Gasteiger partial charge < -0.3 is 9.88 Å². The van der Waals surface area contributed by atoms with Crippen molar-refractivity contribution in [1.29, 1.82) is 0 Å². The number of carbonyl (C=O) groups is 1. The lowest BCUT2D eigenvalue weighted by Crippen LogP contribution is -2.46. The minimum absolute atomic E-state index is 0.176. The number of benzene rings is 1. The first kappa shape index (κ1) is 16.6. The average Bonchev–Trinajstić information content (AvgIpc) is 3.34. The summed E-state index contributed by atoms with van der Waals surface area (Å²) in [7, 11) is 0. The molecule has 1 unspecified atom stereocenters. The zero-order valence-corrected chi connectivity index (χ0v) is 15.4. The second-order valence-electron chi connectivity index (χ2n) is 8.13. The number of H-pyrrole nitrogens is 1. The highest BCUT2D eigenvalue weighted by Gasteiger charge is 2.33. The van der Waals surface area contributed by atoms with E-state index in [0.29, 0.717) is 12.0 Å². The molecule has 25 heavy (non-hydrogen) atoms. The van der Waals surface area contributed by atoms with Crippen LogP contribution < -0.4 is 0 Å². The molecule has 1 amide bonds. The summed E-state index contributed by atoms with van der Waals surface area (Å²) < 4.78 is 0. The van der Waals surface area contributed by atoms with E-state index in [1.54, 1.807) is 0 Å². The molecule has 1 saturated carbocycles. The van der Waals surface area contributed by atoms with Gasteiger partial charge in [0.25, 0.3) is 5.91 Å². The lowest BCUT2D eigenvalue weighted by molar-refractivity contribution is 0.0704. The first-order valence-corrected chi connectivity index (χ1v) is 9.72. The van der Waals surface area contributed by atoms with E-state index in [4.69, 9.17) is 0 Å². The molecule has 0 bridgehead atoms. The molecule has 1 aliphatic heterocycles. The van der Waals surface area contributed by atoms with Crippen molar-refractivity contribution < 1.29 is 4.79 Å². The van der Waals surface area contributed by atoms with E-state index in [2.05, 4.69) is 28.6 Å². The maximum Gasteiger partial charge on any atom is 0.253 e. The van der Waals surface area contributed by atoms with Gasteiger partial charge in [-0.25, -0.2) is 0 Å². The molecule has 1 aromatic heterocycles. The van der Waals surface area contributed by atoms with Crippen LogP contribution in [0.1, 0.15) is 43.5 Å². The molecule has 2 aromatic rings. The van der Waals surface area contributed by atoms with Crippen molar-refractivity contribution in [2.75, 3.05) is 26.2 Å². The van der Waals surface area contributed by atoms with Crippen LogP contribution in [0, 0.1) is 11.8 Å². The van der Waals surface area contributed by atoms with E-state index in [-0.39, 0.29) is 5.91 Å². The van der Waals surface area contributed by atoms with Gasteiger partial charge in [-0.2, -0.15) is 0 Å². The molecule has 0 radical (unpaired) electrons. The van der Waals surface area contributed by atoms with E-state index >= 15 is 0 Å². The summed E-state index contributed by atoms with van der Waals surface area (Å²) in [6.07, 6.45) is 5.78. The molecule has 1 N–H and O–H groups in total. The Morgan fingerprint density at radius 3 is 2.84 bits per heavy atom. The van der Waals surface area contributed by atoms with Crippen LogP contribution in [0.15, 0.2) is 30.5 Å². The highest BCUT2D eigenvalue weighted by molar-refractivity contribution is 5.98. The number of nitrogens with one attached hydrogen (secondary N) is 1. The van der Waals surface area contributed by atoms with Gasteiger partial charge in [0, 0.05) is 49.5 Å². The molecule has 4 nitrogen and oxygen atoms in total. The number of aromatic amines is 1. The Morgan fingerprint density at radius 2 is 2.08 bits per heavy atom. The lowest BCUT2D eigenvalue weighted by Gasteiger charge is -2.34. The van der Waals surface area contributed by atoms with Crippen LogP contribution >= 0.6 is 0 Å². The average molecular weight is 339 g/mol. The van der Waals surface area contributed by atoms with Gasteiger partial charge in [-0.3, -0.25) is 9.69 Å². The molecule has 1 aromatic carbocycles. The Hall–Kier alpha value is -1.81. The highest BCUT2D eigenvalue weighted by atomic mass is 16.2. The van der Waals surface area contributed by atoms with Gasteiger partial charge in [0.1, 0.15) is 0 Å². The smallest absolute Gasteiger partial charge is 0.253 e. The third-order valence-electron chi connectivity index (χ3n) is 5.80. The van der Waals surface area contributed by atoms with Crippen molar-refractivity contribution in [2.45, 2.75) is 39.2 Å². The second kappa shape index (κ2) is 6.83. The summed E-state index contributed by atoms with van der Waals surface area (Å²) in [4.78, 5) is 21.1. The Labute approximate surface area is 150 Å². The molecular weight excluding hydrogens is 310 g/mol. The van der Waals surface area contributed by atoms with Crippen molar-refractivity contribution in [3.63, 3.8) is 0 Å². The van der Waals surface area contributed by atoms with Crippen LogP contribution in [-0.2, 0) is 0 Å². The Morgan fingerprint density at radius 1 is 1.24 bits per heavy atom. The number of carbonyl (C=O) groups excluding carboxylic acids is 1. The number of rotatable bonds is 4. The molecular formula is C21H29N3O. The van der Waals surface area contributed by atoms with Gasteiger partial charge in [-0.05, 0) is 54.7 Å². The van der Waals surface area contributed by atoms with E-state index in [0.717, 1.165) is 48.4 Å². The number of amides is 1. The topological polar surface area (TPSA) is 39.3 Å². The summed E-state index contributed by atoms with van der Waals surface area (Å²) in [6, 6.07) is 8.52. The third-order valence-corrected chi connectivity index (χ3v) is 5.80. The zero-order valence-electron chi connectivity index (χ0n) is 15.4. The Bertz CT molecular complexity index is 746. The number of aromatic nitrogens is 1. The normalized spacial score (nSPS) is 22.5. The van der Waals surface area contributed by atoms with Crippen LogP contribution in [0.4, 0.5) is 0 Å². The maximum absolute atomic E-state index is 13.1. The molecule has 2 aliphatic rings. The summed E-state index contributed by atoms with van der Waals surface area (Å²) in [5.74, 6) is 1.65. The first-order chi connectivity index (χ1) is 12.1. The zero-order chi connectivity index (χ0) is 17.4. The standard InChI is InChI=1S/C21H29N3O/c1-15(2)20-14-24(11-3-10-23(20)13-16-4-5-16)21(25)18-7-6-17-8-9-22-19(17)12-18/h6-9,12,15-16,20,22H,3-5,10-11,13-14H2,1-2H3. The minimum Gasteiger partial charge on any atom is -0.361 e. The van der Waals surface area contributed by atoms with Crippen molar-refractivity contribution >= 4 is 16.8 Å². The molecule has 4 rings (SSSR count). The van der Waals surface area contributed by atoms with E-state index < -0.39 is 0 Å². The van der Waals surface area contributed by atoms with E-state index in [9.17, 15) is 4.79 Å². The molecule has 2 heterocycles. The quantitative estimate of drug-likeness (QED) is 0.921. The van der Waals surface area contributed by atoms with Crippen LogP contribution in [0.25, 0.3) is 10.9 Å². The van der Waals surface area contributed by atoms with Crippen molar-refractivity contribution in [2.24, 2.45) is 11.8 Å². The SMILES string of the molecule is CC(C)C1CN(C(=O)c2ccc3cc[nH]c3c2)CCCN1CC1CC1. The van der Waals surface area contributed by atoms with Crippen molar-refractivity contribution in [3.8, 4) is 0 Å². The fourth-order valence-corrected chi connectivity index (χ4v) is 4.10. The molecule has 4 heteroatoms. The van der Waals surface area contributed by atoms with Crippen LogP contribution in [0.5, 0.6) is 0 Å². The number of hydrogen-bond acceptors (Lipinski definition) is 2. The molecule has 1 atom stereocenters. The van der Waals surface area contributed by atoms with Crippen LogP contribution in [0.3, 0.4) is 0 Å². The number of nitrogens with zero attached hydrogens (tertiary/aromatic N) is 2. The van der Waals surface area contributed by atoms with Gasteiger partial charge >= 0.3 is 0 Å². The van der Waals surface area contributed by atoms with Crippen LogP contribution in [-0.4, -0.2) is 52.9 Å². The van der Waals surface area contributed by atoms with Gasteiger partial charge in [-0.15, -0.1) is 0 Å². The molecule has 134 valence electrons. The van der Waals surface area contributed by atoms with E-state index in [1.165, 1.54) is 19.4 Å². The predicted octanol–water partition coefficient (Wildman–Crippen LogP) is 3.75. The number of hydrogen-bond donors (Lipinski definition) is 1. The number of fused-ring (bicyclic) bond motifs is 1. The third kappa shape index (κ3) is 3.59. The molecule has 1 aliphatic carbocycles. The molecule has 2 fully saturated rings. The Kier molecular flexibility index (Phi) is 4.55. The van der Waals surface area contributed by atoms with Gasteiger partial charge in [0.05, 0.1) is 0 Å². The summed E-state index contributed by atoms with van der Waals surface area (Å²) >= 11 is 0. The second-order valence-corrected chi connectivity index (χ2v) is 8.13. The predicted molar refractivity (Wildman–Crippen MR) is 102 cm³/mol. The van der Waals surface area contributed by atoms with E-state index in [1.807, 2.05) is 30.5 Å². The Balaban J connectivity index is 1.52. The van der Waals surface area contributed by atoms with Crippen molar-refractivity contribution in [1.82, 2.24) is 14.8 Å². The van der Waals surface area contributed by atoms with Gasteiger partial charge in [0.2, 0.25) is 0 Å². The summed E-state index contributed by atoms with van der Waals surface area (Å²) in [5.41, 5.74) is 1.84. The molecule has 0 spiro atoms. The summed E-state index contributed by atoms with van der Waals surface area (Å²) in [6.45, 7) is 8.66. The van der Waals surface area contributed by atoms with Crippen molar-refractivity contribution in [3.05, 3.63) is 36.0 Å². The molecule has 1 saturated heterocycles. The monoisotopic (exact) mass is 339 g/mol. The maximum atomic E-state index is 13.1. The van der Waals surface area contributed by atoms with Gasteiger partial charge in [-0.1, -0.05) is 19.9 Å². The largest absolute Gasteiger partial charge is 0.361 e.